The third-order valence-corrected chi connectivity index (χ3v) is 7.21. The topological polar surface area (TPSA) is 65.0 Å². The van der Waals surface area contributed by atoms with Crippen molar-refractivity contribution in [2.24, 2.45) is 5.41 Å². The minimum absolute atomic E-state index is 0.339. The van der Waals surface area contributed by atoms with Gasteiger partial charge < -0.3 is 19.3 Å². The molecule has 0 saturated heterocycles. The van der Waals surface area contributed by atoms with E-state index in [1.165, 1.54) is 30.9 Å². The van der Waals surface area contributed by atoms with Crippen LogP contribution in [-0.4, -0.2) is 36.4 Å². The largest absolute Gasteiger partial charge is 0.429 e. The second kappa shape index (κ2) is 11.6. The van der Waals surface area contributed by atoms with Crippen LogP contribution in [0.15, 0.2) is 46.1 Å². The molecule has 33 heavy (non-hydrogen) atoms. The highest BCUT2D eigenvalue weighted by atomic mass is 16.7. The highest BCUT2D eigenvalue weighted by Gasteiger charge is 2.35. The van der Waals surface area contributed by atoms with Gasteiger partial charge in [-0.3, -0.25) is 0 Å². The zero-order valence-electron chi connectivity index (χ0n) is 21.1. The van der Waals surface area contributed by atoms with Crippen molar-refractivity contribution in [2.75, 3.05) is 6.61 Å². The average Bonchev–Trinajstić information content (AvgIpc) is 3.10. The Bertz CT molecular complexity index is 829. The molecule has 2 aliphatic heterocycles. The maximum Gasteiger partial charge on any atom is 0.333 e. The lowest BCUT2D eigenvalue weighted by Crippen LogP contribution is -2.34. The molecule has 1 N–H and O–H groups in total. The van der Waals surface area contributed by atoms with Crippen LogP contribution < -0.4 is 0 Å². The molecule has 3 atom stereocenters. The van der Waals surface area contributed by atoms with Gasteiger partial charge in [0.2, 0.25) is 6.29 Å². The van der Waals surface area contributed by atoms with Crippen molar-refractivity contribution in [3.63, 3.8) is 0 Å². The molecule has 184 valence electrons. The molecule has 0 aromatic carbocycles. The Morgan fingerprint density at radius 2 is 2.12 bits per heavy atom. The molecule has 5 heteroatoms. The molecule has 0 bridgehead atoms. The van der Waals surface area contributed by atoms with Gasteiger partial charge in [0.05, 0.1) is 6.10 Å². The van der Waals surface area contributed by atoms with E-state index in [0.29, 0.717) is 24.0 Å². The van der Waals surface area contributed by atoms with Crippen molar-refractivity contribution < 1.29 is 24.1 Å². The molecule has 0 amide bonds. The van der Waals surface area contributed by atoms with Gasteiger partial charge in [-0.2, -0.15) is 0 Å². The first-order chi connectivity index (χ1) is 15.7. The summed E-state index contributed by atoms with van der Waals surface area (Å²) >= 11 is 0. The van der Waals surface area contributed by atoms with E-state index in [1.807, 2.05) is 0 Å². The summed E-state index contributed by atoms with van der Waals surface area (Å²) in [7, 11) is 0. The van der Waals surface area contributed by atoms with Gasteiger partial charge in [0.25, 0.3) is 0 Å². The van der Waals surface area contributed by atoms with E-state index in [9.17, 15) is 9.90 Å². The number of cyclic esters (lactones) is 1. The third-order valence-electron chi connectivity index (χ3n) is 7.21. The Hall–Kier alpha value is -1.69. The smallest absolute Gasteiger partial charge is 0.333 e. The van der Waals surface area contributed by atoms with Gasteiger partial charge >= 0.3 is 5.97 Å². The van der Waals surface area contributed by atoms with Crippen LogP contribution in [0.1, 0.15) is 92.4 Å². The predicted octanol–water partition coefficient (Wildman–Crippen LogP) is 6.29. The van der Waals surface area contributed by atoms with E-state index in [2.05, 4.69) is 46.8 Å². The minimum Gasteiger partial charge on any atom is -0.429 e. The van der Waals surface area contributed by atoms with Crippen LogP contribution in [-0.2, 0) is 19.0 Å². The molecular formula is C28H42O5. The maximum absolute atomic E-state index is 11.5. The zero-order chi connectivity index (χ0) is 24.0. The lowest BCUT2D eigenvalue weighted by atomic mass is 9.71. The van der Waals surface area contributed by atoms with E-state index in [-0.39, 0.29) is 0 Å². The van der Waals surface area contributed by atoms with Crippen molar-refractivity contribution in [1.82, 2.24) is 0 Å². The van der Waals surface area contributed by atoms with Crippen LogP contribution in [0.2, 0.25) is 0 Å². The van der Waals surface area contributed by atoms with Crippen LogP contribution >= 0.6 is 0 Å². The fourth-order valence-electron chi connectivity index (χ4n) is 5.26. The number of hydrogen-bond acceptors (Lipinski definition) is 5. The molecule has 3 aliphatic rings. The monoisotopic (exact) mass is 458 g/mol. The summed E-state index contributed by atoms with van der Waals surface area (Å²) in [5.74, 6) is -0.523. The van der Waals surface area contributed by atoms with Crippen molar-refractivity contribution >= 4 is 5.97 Å². The van der Waals surface area contributed by atoms with Gasteiger partial charge in [-0.1, -0.05) is 49.6 Å². The first-order valence-corrected chi connectivity index (χ1v) is 12.6. The highest BCUT2D eigenvalue weighted by molar-refractivity contribution is 5.85. The van der Waals surface area contributed by atoms with Crippen LogP contribution in [0.5, 0.6) is 0 Å². The lowest BCUT2D eigenvalue weighted by Gasteiger charge is -2.35. The van der Waals surface area contributed by atoms with Crippen molar-refractivity contribution in [1.29, 1.82) is 0 Å². The predicted molar refractivity (Wildman–Crippen MR) is 130 cm³/mol. The Kier molecular flexibility index (Phi) is 9.14. The number of hydrogen-bond donors (Lipinski definition) is 1. The van der Waals surface area contributed by atoms with Crippen molar-refractivity contribution in [2.45, 2.75) is 111 Å². The number of aliphatic hydroxyl groups excluding tert-OH is 1. The summed E-state index contributed by atoms with van der Waals surface area (Å²) in [5.41, 5.74) is 6.65. The SMILES string of the molecule is CCCO[C@H]1O[C@H](C2=CC(=O)OC2O)CC=C1CC/C=C(\C)CCC1=C(C)CCCC1(C)C. The normalized spacial score (nSPS) is 28.0. The Balaban J connectivity index is 1.56. The summed E-state index contributed by atoms with van der Waals surface area (Å²) in [6, 6.07) is 0. The van der Waals surface area contributed by atoms with Crippen LogP contribution in [0.3, 0.4) is 0 Å². The van der Waals surface area contributed by atoms with E-state index in [0.717, 1.165) is 37.7 Å². The molecule has 1 unspecified atom stereocenters. The Labute approximate surface area is 199 Å². The Morgan fingerprint density at radius 1 is 1.33 bits per heavy atom. The first kappa shape index (κ1) is 25.9. The number of carbonyl (C=O) groups excluding carboxylic acids is 1. The zero-order valence-corrected chi connectivity index (χ0v) is 21.1. The van der Waals surface area contributed by atoms with E-state index in [4.69, 9.17) is 14.2 Å². The van der Waals surface area contributed by atoms with E-state index in [1.54, 1.807) is 11.1 Å². The summed E-state index contributed by atoms with van der Waals surface area (Å²) in [5, 5.41) is 9.97. The van der Waals surface area contributed by atoms with Crippen LogP contribution in [0, 0.1) is 5.41 Å². The molecule has 0 saturated carbocycles. The van der Waals surface area contributed by atoms with Gasteiger partial charge in [-0.25, -0.2) is 4.79 Å². The summed E-state index contributed by atoms with van der Waals surface area (Å²) in [6.07, 6.45) is 13.2. The molecule has 0 aromatic heterocycles. The standard InChI is InChI=1S/C28H42O5/c1-6-17-31-27-21(13-15-24(32-27)22-18-25(29)33-26(22)30)11-7-9-19(2)12-14-23-20(3)10-8-16-28(23,4)5/h9,13,18,24,26-27,30H,6-8,10-12,14-17H2,1-5H3/b19-9+/t24-,26?,27-/m0/s1. The number of aliphatic hydroxyl groups is 1. The summed E-state index contributed by atoms with van der Waals surface area (Å²) in [4.78, 5) is 11.5. The quantitative estimate of drug-likeness (QED) is 0.308. The summed E-state index contributed by atoms with van der Waals surface area (Å²) in [6.45, 7) is 12.0. The maximum atomic E-state index is 11.5. The number of allylic oxidation sites excluding steroid dienone is 4. The second-order valence-corrected chi connectivity index (χ2v) is 10.4. The molecule has 3 rings (SSSR count). The second-order valence-electron chi connectivity index (χ2n) is 10.4. The van der Waals surface area contributed by atoms with E-state index < -0.39 is 24.7 Å². The van der Waals surface area contributed by atoms with Gasteiger partial charge in [0.1, 0.15) is 0 Å². The van der Waals surface area contributed by atoms with Gasteiger partial charge in [0.15, 0.2) is 6.29 Å². The van der Waals surface area contributed by atoms with Gasteiger partial charge in [-0.15, -0.1) is 0 Å². The van der Waals surface area contributed by atoms with Crippen molar-refractivity contribution in [3.05, 3.63) is 46.1 Å². The van der Waals surface area contributed by atoms with Crippen LogP contribution in [0.25, 0.3) is 0 Å². The lowest BCUT2D eigenvalue weighted by molar-refractivity contribution is -0.162. The molecule has 0 aromatic rings. The fourth-order valence-corrected chi connectivity index (χ4v) is 5.26. The van der Waals surface area contributed by atoms with Crippen LogP contribution in [0.4, 0.5) is 0 Å². The molecular weight excluding hydrogens is 416 g/mol. The summed E-state index contributed by atoms with van der Waals surface area (Å²) < 4.78 is 16.9. The molecule has 0 radical (unpaired) electrons. The molecule has 2 heterocycles. The minimum atomic E-state index is -1.22. The molecule has 1 aliphatic carbocycles. The average molecular weight is 459 g/mol. The van der Waals surface area contributed by atoms with E-state index >= 15 is 0 Å². The highest BCUT2D eigenvalue weighted by Crippen LogP contribution is 2.42. The van der Waals surface area contributed by atoms with Gasteiger partial charge in [-0.05, 0) is 82.6 Å². The molecule has 0 spiro atoms. The third kappa shape index (κ3) is 6.91. The number of rotatable bonds is 10. The molecule has 0 fully saturated rings. The number of carbonyl (C=O) groups is 1. The number of esters is 1. The van der Waals surface area contributed by atoms with Gasteiger partial charge in [0, 0.05) is 18.3 Å². The molecule has 5 nitrogen and oxygen atoms in total. The Morgan fingerprint density at radius 3 is 2.79 bits per heavy atom. The number of ether oxygens (including phenoxy) is 3. The first-order valence-electron chi connectivity index (χ1n) is 12.6. The van der Waals surface area contributed by atoms with Crippen molar-refractivity contribution in [3.8, 4) is 0 Å². The fraction of sp³-hybridized carbons (Fsp3) is 0.679.